The zero-order chi connectivity index (χ0) is 19.1. The molecule has 2 aromatic carbocycles. The van der Waals surface area contributed by atoms with Gasteiger partial charge in [0.15, 0.2) is 5.78 Å². The van der Waals surface area contributed by atoms with E-state index in [1.54, 1.807) is 37.4 Å². The molecule has 0 saturated heterocycles. The van der Waals surface area contributed by atoms with E-state index < -0.39 is 6.10 Å². The highest BCUT2D eigenvalue weighted by molar-refractivity contribution is 6.10. The summed E-state index contributed by atoms with van der Waals surface area (Å²) in [6, 6.07) is 14.7. The summed E-state index contributed by atoms with van der Waals surface area (Å²) in [7, 11) is 1.56. The van der Waals surface area contributed by atoms with Crippen molar-refractivity contribution in [2.24, 2.45) is 0 Å². The predicted octanol–water partition coefficient (Wildman–Crippen LogP) is 3.20. The molecule has 0 aliphatic heterocycles. The normalized spacial score (nSPS) is 15.5. The summed E-state index contributed by atoms with van der Waals surface area (Å²) in [6.07, 6.45) is 4.21. The Bertz CT molecular complexity index is 741. The second-order valence-electron chi connectivity index (χ2n) is 6.91. The summed E-state index contributed by atoms with van der Waals surface area (Å²) in [4.78, 5) is 12.9. The summed E-state index contributed by atoms with van der Waals surface area (Å²) in [5.41, 5.74) is 1.01. The standard InChI is InChI=1S/C22H27NO4/c1-26-19-11-12-21(20(13-19)22(25)16-7-3-2-4-8-16)27-15-18(24)14-23-17-9-5-6-10-17/h2-4,7-8,11-13,17-18,23-24H,5-6,9-10,14-15H2,1H3. The Morgan fingerprint density at radius 2 is 1.93 bits per heavy atom. The number of ketones is 1. The molecule has 0 heterocycles. The number of hydrogen-bond acceptors (Lipinski definition) is 5. The minimum Gasteiger partial charge on any atom is -0.497 e. The van der Waals surface area contributed by atoms with E-state index in [1.807, 2.05) is 18.2 Å². The summed E-state index contributed by atoms with van der Waals surface area (Å²) in [5.74, 6) is 0.901. The Morgan fingerprint density at radius 1 is 1.19 bits per heavy atom. The highest BCUT2D eigenvalue weighted by Gasteiger charge is 2.18. The van der Waals surface area contributed by atoms with Crippen LogP contribution in [0.1, 0.15) is 41.6 Å². The van der Waals surface area contributed by atoms with Crippen LogP contribution in [0.3, 0.4) is 0 Å². The van der Waals surface area contributed by atoms with Crippen LogP contribution in [-0.4, -0.2) is 43.3 Å². The van der Waals surface area contributed by atoms with E-state index in [0.29, 0.717) is 35.2 Å². The van der Waals surface area contributed by atoms with Crippen LogP contribution in [0.4, 0.5) is 0 Å². The Balaban J connectivity index is 1.66. The van der Waals surface area contributed by atoms with Gasteiger partial charge in [0.25, 0.3) is 0 Å². The molecule has 3 rings (SSSR count). The van der Waals surface area contributed by atoms with E-state index in [2.05, 4.69) is 5.32 Å². The quantitative estimate of drug-likeness (QED) is 0.665. The highest BCUT2D eigenvalue weighted by Crippen LogP contribution is 2.27. The van der Waals surface area contributed by atoms with E-state index >= 15 is 0 Å². The van der Waals surface area contributed by atoms with Crippen LogP contribution in [0.2, 0.25) is 0 Å². The van der Waals surface area contributed by atoms with E-state index in [4.69, 9.17) is 9.47 Å². The second-order valence-corrected chi connectivity index (χ2v) is 6.91. The average molecular weight is 369 g/mol. The molecule has 5 nitrogen and oxygen atoms in total. The molecule has 2 aromatic rings. The van der Waals surface area contributed by atoms with Crippen LogP contribution in [0, 0.1) is 0 Å². The maximum Gasteiger partial charge on any atom is 0.196 e. The fourth-order valence-corrected chi connectivity index (χ4v) is 3.36. The Kier molecular flexibility index (Phi) is 6.85. The first kappa shape index (κ1) is 19.4. The van der Waals surface area contributed by atoms with Gasteiger partial charge >= 0.3 is 0 Å². The first-order valence-electron chi connectivity index (χ1n) is 9.49. The smallest absolute Gasteiger partial charge is 0.196 e. The molecule has 1 unspecified atom stereocenters. The minimum atomic E-state index is -0.632. The van der Waals surface area contributed by atoms with Crippen molar-refractivity contribution in [2.45, 2.75) is 37.8 Å². The van der Waals surface area contributed by atoms with Gasteiger partial charge in [-0.3, -0.25) is 4.79 Å². The molecular formula is C22H27NO4. The van der Waals surface area contributed by atoms with Crippen molar-refractivity contribution in [2.75, 3.05) is 20.3 Å². The molecule has 0 radical (unpaired) electrons. The summed E-state index contributed by atoms with van der Waals surface area (Å²) < 4.78 is 11.0. The fraction of sp³-hybridized carbons (Fsp3) is 0.409. The number of nitrogens with one attached hydrogen (secondary N) is 1. The molecule has 0 bridgehead atoms. The van der Waals surface area contributed by atoms with Crippen LogP contribution in [0.15, 0.2) is 48.5 Å². The number of rotatable bonds is 9. The zero-order valence-electron chi connectivity index (χ0n) is 15.7. The van der Waals surface area contributed by atoms with Crippen molar-refractivity contribution in [3.8, 4) is 11.5 Å². The molecule has 1 saturated carbocycles. The maximum absolute atomic E-state index is 12.9. The van der Waals surface area contributed by atoms with E-state index in [1.165, 1.54) is 25.7 Å². The van der Waals surface area contributed by atoms with Gasteiger partial charge in [-0.25, -0.2) is 0 Å². The first-order valence-corrected chi connectivity index (χ1v) is 9.49. The van der Waals surface area contributed by atoms with Crippen molar-refractivity contribution in [3.63, 3.8) is 0 Å². The lowest BCUT2D eigenvalue weighted by molar-refractivity contribution is 0.0977. The van der Waals surface area contributed by atoms with Gasteiger partial charge in [-0.1, -0.05) is 43.2 Å². The van der Waals surface area contributed by atoms with Crippen molar-refractivity contribution < 1.29 is 19.4 Å². The molecule has 0 amide bonds. The van der Waals surface area contributed by atoms with Crippen LogP contribution in [0.25, 0.3) is 0 Å². The van der Waals surface area contributed by atoms with Gasteiger partial charge < -0.3 is 19.9 Å². The summed E-state index contributed by atoms with van der Waals surface area (Å²) >= 11 is 0. The summed E-state index contributed by atoms with van der Waals surface area (Å²) in [6.45, 7) is 0.615. The number of hydrogen-bond donors (Lipinski definition) is 2. The number of aliphatic hydroxyl groups excluding tert-OH is 1. The average Bonchev–Trinajstić information content (AvgIpc) is 3.24. The Hall–Kier alpha value is -2.37. The predicted molar refractivity (Wildman–Crippen MR) is 105 cm³/mol. The molecule has 0 aromatic heterocycles. The molecule has 2 N–H and O–H groups in total. The van der Waals surface area contributed by atoms with Gasteiger partial charge in [-0.15, -0.1) is 0 Å². The van der Waals surface area contributed by atoms with E-state index in [0.717, 1.165) is 0 Å². The first-order chi connectivity index (χ1) is 13.2. The third kappa shape index (κ3) is 5.31. The maximum atomic E-state index is 12.9. The topological polar surface area (TPSA) is 67.8 Å². The monoisotopic (exact) mass is 369 g/mol. The van der Waals surface area contributed by atoms with Crippen LogP contribution in [0.5, 0.6) is 11.5 Å². The molecule has 1 atom stereocenters. The molecule has 0 spiro atoms. The Labute approximate surface area is 160 Å². The third-order valence-corrected chi connectivity index (χ3v) is 4.90. The van der Waals surface area contributed by atoms with Gasteiger partial charge in [0.05, 0.1) is 12.7 Å². The van der Waals surface area contributed by atoms with Crippen LogP contribution >= 0.6 is 0 Å². The molecule has 27 heavy (non-hydrogen) atoms. The van der Waals surface area contributed by atoms with Crippen molar-refractivity contribution in [1.82, 2.24) is 5.32 Å². The van der Waals surface area contributed by atoms with Crippen LogP contribution < -0.4 is 14.8 Å². The lowest BCUT2D eigenvalue weighted by Crippen LogP contribution is -2.36. The number of methoxy groups -OCH3 is 1. The van der Waals surface area contributed by atoms with Gasteiger partial charge in [-0.2, -0.15) is 0 Å². The molecule has 5 heteroatoms. The lowest BCUT2D eigenvalue weighted by atomic mass is 10.0. The number of ether oxygens (including phenoxy) is 2. The van der Waals surface area contributed by atoms with E-state index in [9.17, 15) is 9.90 Å². The van der Waals surface area contributed by atoms with Crippen molar-refractivity contribution in [1.29, 1.82) is 0 Å². The molecule has 1 aliphatic rings. The fourth-order valence-electron chi connectivity index (χ4n) is 3.36. The second kappa shape index (κ2) is 9.53. The van der Waals surface area contributed by atoms with Gasteiger partial charge in [-0.05, 0) is 31.0 Å². The van der Waals surface area contributed by atoms with Gasteiger partial charge in [0.2, 0.25) is 0 Å². The van der Waals surface area contributed by atoms with E-state index in [-0.39, 0.29) is 12.4 Å². The number of carbonyl (C=O) groups excluding carboxylic acids is 1. The molecular weight excluding hydrogens is 342 g/mol. The lowest BCUT2D eigenvalue weighted by Gasteiger charge is -2.18. The van der Waals surface area contributed by atoms with Crippen molar-refractivity contribution in [3.05, 3.63) is 59.7 Å². The summed E-state index contributed by atoms with van der Waals surface area (Å²) in [5, 5.41) is 13.6. The molecule has 1 aliphatic carbocycles. The number of benzene rings is 2. The van der Waals surface area contributed by atoms with Gasteiger partial charge in [0, 0.05) is 18.2 Å². The van der Waals surface area contributed by atoms with Crippen LogP contribution in [-0.2, 0) is 0 Å². The third-order valence-electron chi connectivity index (χ3n) is 4.90. The number of carbonyl (C=O) groups is 1. The molecule has 144 valence electrons. The zero-order valence-corrected chi connectivity index (χ0v) is 15.7. The van der Waals surface area contributed by atoms with Gasteiger partial charge in [0.1, 0.15) is 24.2 Å². The molecule has 1 fully saturated rings. The number of aliphatic hydroxyl groups is 1. The minimum absolute atomic E-state index is 0.126. The largest absolute Gasteiger partial charge is 0.497 e. The highest BCUT2D eigenvalue weighted by atomic mass is 16.5. The van der Waals surface area contributed by atoms with Crippen molar-refractivity contribution >= 4 is 5.78 Å². The SMILES string of the molecule is COc1ccc(OCC(O)CNC2CCCC2)c(C(=O)c2ccccc2)c1. The Morgan fingerprint density at radius 3 is 2.63 bits per heavy atom.